The molecule has 1 aliphatic rings. The molecule has 0 spiro atoms. The molecule has 0 radical (unpaired) electrons. The van der Waals surface area contributed by atoms with Gasteiger partial charge in [-0.25, -0.2) is 0 Å². The van der Waals surface area contributed by atoms with Crippen LogP contribution in [0.5, 0.6) is 0 Å². The lowest BCUT2D eigenvalue weighted by molar-refractivity contribution is 0.202. The fourth-order valence-electron chi connectivity index (χ4n) is 1.96. The molecular weight excluding hydrogens is 146 g/mol. The average molecular weight is 163 g/mol. The third-order valence-corrected chi connectivity index (χ3v) is 2.83. The Hall–Kier alpha value is -0.740. The van der Waals surface area contributed by atoms with Gasteiger partial charge < -0.3 is 0 Å². The van der Waals surface area contributed by atoms with E-state index in [1.54, 1.807) is 0 Å². The maximum Gasteiger partial charge on any atom is 0.0823 e. The Morgan fingerprint density at radius 3 is 2.58 bits per heavy atom. The van der Waals surface area contributed by atoms with Gasteiger partial charge in [-0.3, -0.25) is 4.90 Å². The van der Waals surface area contributed by atoms with E-state index < -0.39 is 0 Å². The topological polar surface area (TPSA) is 3.24 Å². The van der Waals surface area contributed by atoms with E-state index in [-0.39, 0.29) is 5.54 Å². The zero-order chi connectivity index (χ0) is 9.03. The Balaban J connectivity index is 2.66. The van der Waals surface area contributed by atoms with Crippen molar-refractivity contribution in [1.82, 2.24) is 4.90 Å². The molecule has 0 aromatic rings. The summed E-state index contributed by atoms with van der Waals surface area (Å²) in [5.74, 6) is 2.94. The third kappa shape index (κ3) is 1.54. The minimum atomic E-state index is 0.0359. The normalized spacial score (nSPS) is 20.8. The van der Waals surface area contributed by atoms with Crippen molar-refractivity contribution in [2.45, 2.75) is 31.2 Å². The van der Waals surface area contributed by atoms with Gasteiger partial charge in [0.2, 0.25) is 0 Å². The summed E-state index contributed by atoms with van der Waals surface area (Å²) < 4.78 is 0. The van der Waals surface area contributed by atoms with Gasteiger partial charge in [0.05, 0.1) is 5.54 Å². The van der Waals surface area contributed by atoms with Gasteiger partial charge in [0.1, 0.15) is 0 Å². The molecule has 0 N–H and O–H groups in total. The van der Waals surface area contributed by atoms with Crippen LogP contribution in [0, 0.1) is 12.3 Å². The van der Waals surface area contributed by atoms with Crippen LogP contribution >= 0.6 is 0 Å². The van der Waals surface area contributed by atoms with Gasteiger partial charge in [-0.2, -0.15) is 0 Å². The predicted octanol–water partition coefficient (Wildman–Crippen LogP) is 2.05. The van der Waals surface area contributed by atoms with Gasteiger partial charge in [-0.05, 0) is 19.9 Å². The van der Waals surface area contributed by atoms with Crippen molar-refractivity contribution in [3.05, 3.63) is 12.7 Å². The minimum Gasteiger partial charge on any atom is -0.287 e. The first-order valence-corrected chi connectivity index (χ1v) is 4.55. The second-order valence-electron chi connectivity index (χ2n) is 3.55. The van der Waals surface area contributed by atoms with Crippen LogP contribution in [0.3, 0.4) is 0 Å². The van der Waals surface area contributed by atoms with E-state index in [1.807, 2.05) is 6.08 Å². The highest BCUT2D eigenvalue weighted by Crippen LogP contribution is 2.33. The molecule has 1 fully saturated rings. The molecule has 1 rings (SSSR count). The Morgan fingerprint density at radius 2 is 2.17 bits per heavy atom. The number of terminal acetylenes is 1. The quantitative estimate of drug-likeness (QED) is 0.454. The number of rotatable bonds is 3. The molecule has 0 heterocycles. The molecule has 1 aliphatic carbocycles. The largest absolute Gasteiger partial charge is 0.287 e. The molecule has 66 valence electrons. The van der Waals surface area contributed by atoms with Crippen LogP contribution in [-0.2, 0) is 0 Å². The highest BCUT2D eigenvalue weighted by molar-refractivity contribution is 5.16. The molecule has 0 atom stereocenters. The van der Waals surface area contributed by atoms with Gasteiger partial charge in [0, 0.05) is 6.54 Å². The zero-order valence-electron chi connectivity index (χ0n) is 7.84. The molecular formula is C11H17N. The van der Waals surface area contributed by atoms with E-state index in [9.17, 15) is 0 Å². The summed E-state index contributed by atoms with van der Waals surface area (Å²) in [7, 11) is 2.09. The highest BCUT2D eigenvalue weighted by atomic mass is 15.2. The summed E-state index contributed by atoms with van der Waals surface area (Å²) in [6, 6.07) is 0. The Kier molecular flexibility index (Phi) is 2.94. The molecule has 0 aromatic carbocycles. The minimum absolute atomic E-state index is 0.0359. The van der Waals surface area contributed by atoms with Crippen LogP contribution in [0.25, 0.3) is 0 Å². The van der Waals surface area contributed by atoms with Crippen LogP contribution in [-0.4, -0.2) is 24.0 Å². The van der Waals surface area contributed by atoms with Gasteiger partial charge in [0.15, 0.2) is 0 Å². The number of nitrogens with zero attached hydrogens (tertiary/aromatic N) is 1. The van der Waals surface area contributed by atoms with Gasteiger partial charge in [-0.1, -0.05) is 24.8 Å². The van der Waals surface area contributed by atoms with Crippen LogP contribution < -0.4 is 0 Å². The summed E-state index contributed by atoms with van der Waals surface area (Å²) >= 11 is 0. The molecule has 1 heteroatoms. The lowest BCUT2D eigenvalue weighted by atomic mass is 9.97. The molecule has 1 nitrogen and oxygen atoms in total. The molecule has 0 aliphatic heterocycles. The molecule has 1 saturated carbocycles. The summed E-state index contributed by atoms with van der Waals surface area (Å²) in [4.78, 5) is 2.24. The smallest absolute Gasteiger partial charge is 0.0823 e. The van der Waals surface area contributed by atoms with E-state index in [4.69, 9.17) is 6.42 Å². The molecule has 12 heavy (non-hydrogen) atoms. The molecule has 0 amide bonds. The Bertz CT molecular complexity index is 194. The lowest BCUT2D eigenvalue weighted by Gasteiger charge is -2.33. The zero-order valence-corrected chi connectivity index (χ0v) is 7.84. The van der Waals surface area contributed by atoms with E-state index in [0.717, 1.165) is 19.4 Å². The summed E-state index contributed by atoms with van der Waals surface area (Å²) in [6.45, 7) is 4.62. The SMILES string of the molecule is C#CC1(N(C)CC=C)CCCC1. The first kappa shape index (κ1) is 9.35. The molecule has 0 unspecified atom stereocenters. The Morgan fingerprint density at radius 1 is 1.58 bits per heavy atom. The van der Waals surface area contributed by atoms with E-state index >= 15 is 0 Å². The van der Waals surface area contributed by atoms with Crippen molar-refractivity contribution < 1.29 is 0 Å². The highest BCUT2D eigenvalue weighted by Gasteiger charge is 2.34. The van der Waals surface area contributed by atoms with E-state index in [2.05, 4.69) is 24.4 Å². The number of hydrogen-bond donors (Lipinski definition) is 0. The predicted molar refractivity (Wildman–Crippen MR) is 52.9 cm³/mol. The number of likely N-dealkylation sites (N-methyl/N-ethyl adjacent to an activating group) is 1. The van der Waals surface area contributed by atoms with Crippen LogP contribution in [0.2, 0.25) is 0 Å². The fraction of sp³-hybridized carbons (Fsp3) is 0.636. The summed E-state index contributed by atoms with van der Waals surface area (Å²) in [5, 5.41) is 0. The van der Waals surface area contributed by atoms with Gasteiger partial charge in [0.25, 0.3) is 0 Å². The van der Waals surface area contributed by atoms with Crippen molar-refractivity contribution in [3.8, 4) is 12.3 Å². The average Bonchev–Trinajstić information content (AvgIpc) is 2.54. The summed E-state index contributed by atoms with van der Waals surface area (Å²) in [5.41, 5.74) is 0.0359. The lowest BCUT2D eigenvalue weighted by Crippen LogP contribution is -2.42. The maximum atomic E-state index is 5.57. The standard InChI is InChI=1S/C11H17N/c1-4-10-12(3)11(5-2)8-6-7-9-11/h2,4H,1,6-10H2,3H3. The first-order valence-electron chi connectivity index (χ1n) is 4.55. The van der Waals surface area contributed by atoms with Crippen LogP contribution in [0.1, 0.15) is 25.7 Å². The van der Waals surface area contributed by atoms with Gasteiger partial charge in [-0.15, -0.1) is 13.0 Å². The van der Waals surface area contributed by atoms with Crippen molar-refractivity contribution >= 4 is 0 Å². The number of hydrogen-bond acceptors (Lipinski definition) is 1. The fourth-order valence-corrected chi connectivity index (χ4v) is 1.96. The van der Waals surface area contributed by atoms with Crippen molar-refractivity contribution in [2.75, 3.05) is 13.6 Å². The van der Waals surface area contributed by atoms with Gasteiger partial charge >= 0.3 is 0 Å². The van der Waals surface area contributed by atoms with Crippen molar-refractivity contribution in [2.24, 2.45) is 0 Å². The monoisotopic (exact) mass is 163 g/mol. The first-order chi connectivity index (χ1) is 5.75. The Labute approximate surface area is 75.5 Å². The van der Waals surface area contributed by atoms with E-state index in [0.29, 0.717) is 0 Å². The van der Waals surface area contributed by atoms with Crippen LogP contribution in [0.4, 0.5) is 0 Å². The second-order valence-corrected chi connectivity index (χ2v) is 3.55. The van der Waals surface area contributed by atoms with E-state index in [1.165, 1.54) is 12.8 Å². The van der Waals surface area contributed by atoms with Crippen molar-refractivity contribution in [3.63, 3.8) is 0 Å². The maximum absolute atomic E-state index is 5.57. The molecule has 0 saturated heterocycles. The van der Waals surface area contributed by atoms with Crippen molar-refractivity contribution in [1.29, 1.82) is 0 Å². The summed E-state index contributed by atoms with van der Waals surface area (Å²) in [6.07, 6.45) is 12.3. The molecule has 0 bridgehead atoms. The van der Waals surface area contributed by atoms with Crippen LogP contribution in [0.15, 0.2) is 12.7 Å². The third-order valence-electron chi connectivity index (χ3n) is 2.83. The molecule has 0 aromatic heterocycles. The second kappa shape index (κ2) is 3.78.